The highest BCUT2D eigenvalue weighted by molar-refractivity contribution is 7.17. The van der Waals surface area contributed by atoms with E-state index in [0.717, 1.165) is 15.3 Å². The molecule has 1 N–H and O–H groups in total. The van der Waals surface area contributed by atoms with Crippen LogP contribution in [0.1, 0.15) is 23.5 Å². The molecule has 0 saturated carbocycles. The number of carbonyl (C=O) groups is 1. The van der Waals surface area contributed by atoms with Gasteiger partial charge in [0, 0.05) is 15.9 Å². The molecule has 1 heterocycles. The molecule has 0 radical (unpaired) electrons. The van der Waals surface area contributed by atoms with Crippen LogP contribution in [0.3, 0.4) is 0 Å². The van der Waals surface area contributed by atoms with Crippen LogP contribution < -0.4 is 5.32 Å². The van der Waals surface area contributed by atoms with Gasteiger partial charge >= 0.3 is 0 Å². The molecule has 0 fully saturated rings. The predicted octanol–water partition coefficient (Wildman–Crippen LogP) is 4.21. The van der Waals surface area contributed by atoms with E-state index in [0.29, 0.717) is 5.02 Å². The topological polar surface area (TPSA) is 29.1 Å². The zero-order valence-electron chi connectivity index (χ0n) is 10.2. The molecule has 1 aromatic heterocycles. The van der Waals surface area contributed by atoms with Crippen LogP contribution in [0.4, 0.5) is 0 Å². The summed E-state index contributed by atoms with van der Waals surface area (Å²) >= 11 is 7.34. The van der Waals surface area contributed by atoms with Crippen LogP contribution in [-0.4, -0.2) is 11.9 Å². The maximum atomic E-state index is 11.8. The molecule has 0 saturated heterocycles. The van der Waals surface area contributed by atoms with Gasteiger partial charge in [-0.1, -0.05) is 23.7 Å². The summed E-state index contributed by atoms with van der Waals surface area (Å²) in [5.74, 6) is -0.0183. The molecular weight excluding hydrogens is 266 g/mol. The minimum absolute atomic E-state index is 0.0183. The van der Waals surface area contributed by atoms with Gasteiger partial charge in [-0.3, -0.25) is 4.79 Å². The van der Waals surface area contributed by atoms with E-state index >= 15 is 0 Å². The Balaban J connectivity index is 2.20. The Hall–Kier alpha value is -1.32. The van der Waals surface area contributed by atoms with Crippen molar-refractivity contribution in [3.63, 3.8) is 0 Å². The lowest BCUT2D eigenvalue weighted by molar-refractivity contribution is 0.0947. The monoisotopic (exact) mass is 279 g/mol. The fourth-order valence-corrected chi connectivity index (χ4v) is 2.60. The smallest absolute Gasteiger partial charge is 0.261 e. The zero-order valence-corrected chi connectivity index (χ0v) is 11.8. The average Bonchev–Trinajstić information content (AvgIpc) is 2.78. The lowest BCUT2D eigenvalue weighted by Gasteiger charge is -2.05. The number of hydrogen-bond donors (Lipinski definition) is 1. The molecule has 0 unspecified atom stereocenters. The van der Waals surface area contributed by atoms with Crippen molar-refractivity contribution in [2.75, 3.05) is 0 Å². The number of amides is 1. The Kier molecular flexibility index (Phi) is 4.04. The van der Waals surface area contributed by atoms with E-state index in [1.54, 1.807) is 0 Å². The van der Waals surface area contributed by atoms with Gasteiger partial charge in [0.1, 0.15) is 0 Å². The highest BCUT2D eigenvalue weighted by atomic mass is 35.5. The van der Waals surface area contributed by atoms with Gasteiger partial charge in [-0.05, 0) is 43.7 Å². The molecule has 1 amide bonds. The van der Waals surface area contributed by atoms with E-state index in [9.17, 15) is 4.79 Å². The van der Waals surface area contributed by atoms with Gasteiger partial charge in [0.2, 0.25) is 0 Å². The van der Waals surface area contributed by atoms with Gasteiger partial charge in [0.25, 0.3) is 5.91 Å². The first kappa shape index (κ1) is 13.1. The highest BCUT2D eigenvalue weighted by Crippen LogP contribution is 2.28. The lowest BCUT2D eigenvalue weighted by atomic mass is 10.2. The van der Waals surface area contributed by atoms with E-state index in [2.05, 4.69) is 5.32 Å². The first-order valence-electron chi connectivity index (χ1n) is 5.73. The Labute approximate surface area is 116 Å². The first-order chi connectivity index (χ1) is 8.56. The number of hydrogen-bond acceptors (Lipinski definition) is 2. The minimum atomic E-state index is -0.0183. The summed E-state index contributed by atoms with van der Waals surface area (Å²) in [5, 5.41) is 3.60. The highest BCUT2D eigenvalue weighted by Gasteiger charge is 2.10. The van der Waals surface area contributed by atoms with Crippen molar-refractivity contribution >= 4 is 28.8 Å². The van der Waals surface area contributed by atoms with Gasteiger partial charge in [-0.15, -0.1) is 11.3 Å². The van der Waals surface area contributed by atoms with Crippen LogP contribution in [0, 0.1) is 0 Å². The Morgan fingerprint density at radius 1 is 1.17 bits per heavy atom. The molecule has 1 aromatic carbocycles. The summed E-state index contributed by atoms with van der Waals surface area (Å²) < 4.78 is 0. The van der Waals surface area contributed by atoms with Crippen LogP contribution in [0.15, 0.2) is 36.4 Å². The molecule has 0 aliphatic carbocycles. The summed E-state index contributed by atoms with van der Waals surface area (Å²) in [6, 6.07) is 11.6. The second kappa shape index (κ2) is 5.55. The summed E-state index contributed by atoms with van der Waals surface area (Å²) in [7, 11) is 0. The summed E-state index contributed by atoms with van der Waals surface area (Å²) in [6.45, 7) is 3.90. The summed E-state index contributed by atoms with van der Waals surface area (Å²) in [5.41, 5.74) is 1.08. The van der Waals surface area contributed by atoms with Crippen LogP contribution in [0.25, 0.3) is 10.4 Å². The first-order valence-corrected chi connectivity index (χ1v) is 6.92. The Morgan fingerprint density at radius 2 is 1.83 bits per heavy atom. The molecule has 94 valence electrons. The van der Waals surface area contributed by atoms with Gasteiger partial charge < -0.3 is 5.32 Å². The number of nitrogens with one attached hydrogen (secondary N) is 1. The average molecular weight is 280 g/mol. The maximum absolute atomic E-state index is 11.8. The maximum Gasteiger partial charge on any atom is 0.261 e. The van der Waals surface area contributed by atoms with Crippen molar-refractivity contribution in [3.05, 3.63) is 46.3 Å². The second-order valence-electron chi connectivity index (χ2n) is 4.30. The summed E-state index contributed by atoms with van der Waals surface area (Å²) in [6.07, 6.45) is 0. The Bertz CT molecular complexity index is 545. The Morgan fingerprint density at radius 3 is 2.44 bits per heavy atom. The van der Waals surface area contributed by atoms with Crippen molar-refractivity contribution < 1.29 is 4.79 Å². The normalized spacial score (nSPS) is 10.7. The molecule has 2 aromatic rings. The van der Waals surface area contributed by atoms with Crippen molar-refractivity contribution in [1.82, 2.24) is 5.32 Å². The zero-order chi connectivity index (χ0) is 13.1. The van der Waals surface area contributed by atoms with Gasteiger partial charge in [-0.25, -0.2) is 0 Å². The largest absolute Gasteiger partial charge is 0.349 e. The molecule has 0 atom stereocenters. The number of halogens is 1. The van der Waals surface area contributed by atoms with Gasteiger partial charge in [0.05, 0.1) is 4.88 Å². The molecule has 2 nitrogen and oxygen atoms in total. The molecule has 2 rings (SSSR count). The fourth-order valence-electron chi connectivity index (χ4n) is 1.56. The number of carbonyl (C=O) groups excluding carboxylic acids is 1. The fraction of sp³-hybridized carbons (Fsp3) is 0.214. The van der Waals surface area contributed by atoms with Crippen molar-refractivity contribution in [2.24, 2.45) is 0 Å². The number of thiophene rings is 1. The third-order valence-electron chi connectivity index (χ3n) is 2.38. The van der Waals surface area contributed by atoms with E-state index in [1.807, 2.05) is 50.2 Å². The second-order valence-corrected chi connectivity index (χ2v) is 5.82. The summed E-state index contributed by atoms with van der Waals surface area (Å²) in [4.78, 5) is 13.6. The van der Waals surface area contributed by atoms with Crippen molar-refractivity contribution in [2.45, 2.75) is 19.9 Å². The third-order valence-corrected chi connectivity index (χ3v) is 3.76. The minimum Gasteiger partial charge on any atom is -0.349 e. The van der Waals surface area contributed by atoms with E-state index in [1.165, 1.54) is 11.3 Å². The molecule has 0 bridgehead atoms. The number of benzene rings is 1. The lowest BCUT2D eigenvalue weighted by Crippen LogP contribution is -2.29. The van der Waals surface area contributed by atoms with Crippen molar-refractivity contribution in [1.29, 1.82) is 0 Å². The quantitative estimate of drug-likeness (QED) is 0.896. The molecule has 18 heavy (non-hydrogen) atoms. The van der Waals surface area contributed by atoms with Crippen LogP contribution in [-0.2, 0) is 0 Å². The van der Waals surface area contributed by atoms with E-state index in [-0.39, 0.29) is 11.9 Å². The standard InChI is InChI=1S/C14H14ClNOS/c1-9(2)16-14(17)13-8-7-12(18-13)10-3-5-11(15)6-4-10/h3-9H,1-2H3,(H,16,17). The van der Waals surface area contributed by atoms with Crippen LogP contribution >= 0.6 is 22.9 Å². The SMILES string of the molecule is CC(C)NC(=O)c1ccc(-c2ccc(Cl)cc2)s1. The van der Waals surface area contributed by atoms with Gasteiger partial charge in [0.15, 0.2) is 0 Å². The van der Waals surface area contributed by atoms with Crippen molar-refractivity contribution in [3.8, 4) is 10.4 Å². The predicted molar refractivity (Wildman–Crippen MR) is 77.4 cm³/mol. The molecule has 4 heteroatoms. The van der Waals surface area contributed by atoms with Crippen LogP contribution in [0.2, 0.25) is 5.02 Å². The molecule has 0 aliphatic heterocycles. The number of rotatable bonds is 3. The molecule has 0 spiro atoms. The van der Waals surface area contributed by atoms with Crippen LogP contribution in [0.5, 0.6) is 0 Å². The van der Waals surface area contributed by atoms with Gasteiger partial charge in [-0.2, -0.15) is 0 Å². The molecule has 0 aliphatic rings. The van der Waals surface area contributed by atoms with E-state index in [4.69, 9.17) is 11.6 Å². The molecular formula is C14H14ClNOS. The van der Waals surface area contributed by atoms with E-state index < -0.39 is 0 Å². The third kappa shape index (κ3) is 3.12.